The Labute approximate surface area is 166 Å². The molecule has 4 aliphatic rings. The van der Waals surface area contributed by atoms with E-state index in [1.165, 1.54) is 13.0 Å². The lowest BCUT2D eigenvalue weighted by Crippen LogP contribution is -2.70. The summed E-state index contributed by atoms with van der Waals surface area (Å²) in [6.07, 6.45) is -1.29. The number of fused-ring (bicyclic) bond motifs is 6. The van der Waals surface area contributed by atoms with E-state index in [1.807, 2.05) is 6.92 Å². The first kappa shape index (κ1) is 18.8. The lowest BCUT2D eigenvalue weighted by molar-refractivity contribution is -0.403. The van der Waals surface area contributed by atoms with Gasteiger partial charge in [0.05, 0.1) is 11.5 Å². The van der Waals surface area contributed by atoms with E-state index in [4.69, 9.17) is 28.7 Å². The molecule has 0 amide bonds. The normalized spacial score (nSPS) is 41.3. The molecule has 9 heteroatoms. The van der Waals surface area contributed by atoms with E-state index >= 15 is 0 Å². The van der Waals surface area contributed by atoms with Gasteiger partial charge in [-0.1, -0.05) is 12.1 Å². The van der Waals surface area contributed by atoms with Gasteiger partial charge in [0.25, 0.3) is 5.79 Å². The molecule has 9 nitrogen and oxygen atoms in total. The van der Waals surface area contributed by atoms with Gasteiger partial charge >= 0.3 is 5.97 Å². The number of rotatable bonds is 2. The molecule has 3 saturated heterocycles. The molecule has 3 heterocycles. The highest BCUT2D eigenvalue weighted by molar-refractivity contribution is 6.06. The second-order valence-corrected chi connectivity index (χ2v) is 8.34. The highest BCUT2D eigenvalue weighted by atomic mass is 17.3. The Balaban J connectivity index is 1.79. The topological polar surface area (TPSA) is 107 Å². The number of esters is 1. The van der Waals surface area contributed by atoms with E-state index in [2.05, 4.69) is 0 Å². The first-order valence-electron chi connectivity index (χ1n) is 9.35. The zero-order valence-corrected chi connectivity index (χ0v) is 16.3. The van der Waals surface area contributed by atoms with Crippen molar-refractivity contribution in [3.8, 4) is 5.75 Å². The summed E-state index contributed by atoms with van der Waals surface area (Å²) >= 11 is 0. The Hall–Kier alpha value is -2.17. The first-order valence-corrected chi connectivity index (χ1v) is 9.35. The minimum absolute atomic E-state index is 0.0891. The van der Waals surface area contributed by atoms with E-state index in [0.29, 0.717) is 11.8 Å². The maximum Gasteiger partial charge on any atom is 0.308 e. The van der Waals surface area contributed by atoms with Crippen LogP contribution in [0.3, 0.4) is 0 Å². The van der Waals surface area contributed by atoms with Crippen LogP contribution in [0.4, 0.5) is 0 Å². The summed E-state index contributed by atoms with van der Waals surface area (Å²) in [5.74, 6) is -5.68. The summed E-state index contributed by atoms with van der Waals surface area (Å²) in [6.45, 7) is 6.56. The maximum atomic E-state index is 13.7. The van der Waals surface area contributed by atoms with Gasteiger partial charge in [0.2, 0.25) is 6.29 Å². The Kier molecular flexibility index (Phi) is 3.71. The third kappa shape index (κ3) is 2.36. The molecule has 6 unspecified atom stereocenters. The Morgan fingerprint density at radius 1 is 1.21 bits per heavy atom. The number of carbonyl (C=O) groups excluding carboxylic acids is 3. The molecular weight excluding hydrogens is 384 g/mol. The van der Waals surface area contributed by atoms with Crippen molar-refractivity contribution in [1.29, 1.82) is 0 Å². The SMILES string of the molecule is CC(=O)Oc1cccc2c1C(=O)C1C3C(OC(C)(C)OC23C)C2OOC1(C=O)O2. The third-order valence-electron chi connectivity index (χ3n) is 6.01. The highest BCUT2D eigenvalue weighted by Gasteiger charge is 2.74. The van der Waals surface area contributed by atoms with Crippen molar-refractivity contribution in [1.82, 2.24) is 0 Å². The van der Waals surface area contributed by atoms with Crippen LogP contribution in [-0.4, -0.2) is 42.0 Å². The van der Waals surface area contributed by atoms with Crippen molar-refractivity contribution in [3.63, 3.8) is 0 Å². The molecule has 1 aliphatic carbocycles. The number of carbonyl (C=O) groups is 3. The molecule has 3 fully saturated rings. The largest absolute Gasteiger partial charge is 0.426 e. The molecule has 6 atom stereocenters. The van der Waals surface area contributed by atoms with Crippen LogP contribution in [0.1, 0.15) is 43.6 Å². The van der Waals surface area contributed by atoms with E-state index in [0.717, 1.165) is 0 Å². The lowest BCUT2D eigenvalue weighted by Gasteiger charge is -2.59. The number of hydrogen-bond donors (Lipinski definition) is 0. The fraction of sp³-hybridized carbons (Fsp3) is 0.550. The minimum atomic E-state index is -1.93. The van der Waals surface area contributed by atoms with Crippen LogP contribution in [0.2, 0.25) is 0 Å². The van der Waals surface area contributed by atoms with Crippen LogP contribution in [0, 0.1) is 11.8 Å². The standard InChI is InChI=1S/C20H20O9/c1-9(22)24-11-7-5-6-10-12(11)15(23)13-14-16(17-26-20(13,8-21)29-27-17)25-18(2,3)28-19(10,14)4/h5-8,13-14,16-17H,1-4H3. The molecule has 0 spiro atoms. The lowest BCUT2D eigenvalue weighted by atomic mass is 9.59. The maximum absolute atomic E-state index is 13.7. The summed E-state index contributed by atoms with van der Waals surface area (Å²) in [4.78, 5) is 47.8. The second kappa shape index (κ2) is 5.71. The number of ether oxygens (including phenoxy) is 4. The van der Waals surface area contributed by atoms with Gasteiger partial charge in [-0.2, -0.15) is 9.78 Å². The van der Waals surface area contributed by atoms with Crippen LogP contribution in [0.5, 0.6) is 5.75 Å². The fourth-order valence-electron chi connectivity index (χ4n) is 5.19. The molecule has 0 N–H and O–H groups in total. The Bertz CT molecular complexity index is 940. The number of Topliss-reactive ketones (excluding diaryl/α,β-unsaturated/α-hetero) is 1. The molecule has 2 bridgehead atoms. The minimum Gasteiger partial charge on any atom is -0.426 e. The molecule has 1 aromatic carbocycles. The Morgan fingerprint density at radius 3 is 2.66 bits per heavy atom. The number of ketones is 1. The smallest absolute Gasteiger partial charge is 0.308 e. The fourth-order valence-corrected chi connectivity index (χ4v) is 5.19. The molecule has 29 heavy (non-hydrogen) atoms. The first-order chi connectivity index (χ1) is 13.6. The van der Waals surface area contributed by atoms with Crippen molar-refractivity contribution in [2.24, 2.45) is 11.8 Å². The average Bonchev–Trinajstić information content (AvgIpc) is 3.02. The predicted molar refractivity (Wildman–Crippen MR) is 92.3 cm³/mol. The van der Waals surface area contributed by atoms with Gasteiger partial charge in [0.15, 0.2) is 17.9 Å². The molecule has 154 valence electrons. The van der Waals surface area contributed by atoms with Crippen molar-refractivity contribution < 1.29 is 43.1 Å². The number of aldehydes is 1. The van der Waals surface area contributed by atoms with Crippen molar-refractivity contribution >= 4 is 18.0 Å². The van der Waals surface area contributed by atoms with Gasteiger partial charge < -0.3 is 18.9 Å². The van der Waals surface area contributed by atoms with Crippen molar-refractivity contribution in [2.75, 3.05) is 0 Å². The van der Waals surface area contributed by atoms with Crippen LogP contribution >= 0.6 is 0 Å². The van der Waals surface area contributed by atoms with Gasteiger partial charge in [-0.05, 0) is 32.4 Å². The quantitative estimate of drug-likeness (QED) is 0.314. The van der Waals surface area contributed by atoms with E-state index in [1.54, 1.807) is 26.0 Å². The zero-order valence-electron chi connectivity index (χ0n) is 16.3. The van der Waals surface area contributed by atoms with Crippen LogP contribution in [-0.2, 0) is 39.2 Å². The van der Waals surface area contributed by atoms with Gasteiger partial charge in [-0.25, -0.2) is 0 Å². The summed E-state index contributed by atoms with van der Waals surface area (Å²) < 4.78 is 23.4. The van der Waals surface area contributed by atoms with Crippen LogP contribution in [0.25, 0.3) is 0 Å². The van der Waals surface area contributed by atoms with E-state index in [9.17, 15) is 14.4 Å². The van der Waals surface area contributed by atoms with Gasteiger partial charge in [0, 0.05) is 12.8 Å². The van der Waals surface area contributed by atoms with Gasteiger partial charge in [-0.3, -0.25) is 14.4 Å². The van der Waals surface area contributed by atoms with Crippen LogP contribution in [0.15, 0.2) is 18.2 Å². The Morgan fingerprint density at radius 2 is 1.97 bits per heavy atom. The second-order valence-electron chi connectivity index (χ2n) is 8.34. The van der Waals surface area contributed by atoms with Crippen LogP contribution < -0.4 is 4.74 Å². The zero-order chi connectivity index (χ0) is 20.8. The molecule has 0 aromatic heterocycles. The summed E-state index contributed by atoms with van der Waals surface area (Å²) in [7, 11) is 0. The monoisotopic (exact) mass is 404 g/mol. The summed E-state index contributed by atoms with van der Waals surface area (Å²) in [5.41, 5.74) is -0.364. The molecule has 1 aromatic rings. The highest BCUT2D eigenvalue weighted by Crippen LogP contribution is 2.61. The number of hydrogen-bond acceptors (Lipinski definition) is 9. The third-order valence-corrected chi connectivity index (χ3v) is 6.01. The summed E-state index contributed by atoms with van der Waals surface area (Å²) in [6, 6.07) is 4.96. The molecule has 0 saturated carbocycles. The molecule has 0 radical (unpaired) electrons. The van der Waals surface area contributed by atoms with Crippen molar-refractivity contribution in [3.05, 3.63) is 29.3 Å². The predicted octanol–water partition coefficient (Wildman–Crippen LogP) is 1.62. The van der Waals surface area contributed by atoms with Gasteiger partial charge in [-0.15, -0.1) is 0 Å². The number of benzene rings is 1. The van der Waals surface area contributed by atoms with E-state index in [-0.39, 0.29) is 11.3 Å². The molecule has 3 aliphatic heterocycles. The average molecular weight is 404 g/mol. The molecule has 5 rings (SSSR count). The summed E-state index contributed by atoms with van der Waals surface area (Å²) in [5, 5.41) is 0. The van der Waals surface area contributed by atoms with Gasteiger partial charge in [0.1, 0.15) is 17.5 Å². The van der Waals surface area contributed by atoms with E-state index < -0.39 is 53.2 Å². The van der Waals surface area contributed by atoms with Crippen molar-refractivity contribution in [2.45, 2.75) is 57.3 Å². The molecular formula is C20H20O9.